The highest BCUT2D eigenvalue weighted by Crippen LogP contribution is 2.32. The Labute approximate surface area is 196 Å². The number of nitro benzene ring substituents is 1. The van der Waals surface area contributed by atoms with E-state index in [4.69, 9.17) is 16.3 Å². The Balaban J connectivity index is 1.99. The topological polar surface area (TPSA) is 104 Å². The molecule has 10 heteroatoms. The van der Waals surface area contributed by atoms with Gasteiger partial charge in [-0.3, -0.25) is 19.5 Å². The molecule has 1 aromatic heterocycles. The van der Waals surface area contributed by atoms with Gasteiger partial charge in [-0.15, -0.1) is 0 Å². The van der Waals surface area contributed by atoms with Gasteiger partial charge in [-0.2, -0.15) is 0 Å². The van der Waals surface area contributed by atoms with Gasteiger partial charge in [0, 0.05) is 17.2 Å². The third-order valence-corrected chi connectivity index (χ3v) is 6.43. The molecule has 1 aliphatic rings. The van der Waals surface area contributed by atoms with Crippen LogP contribution in [0, 0.1) is 10.1 Å². The monoisotopic (exact) mass is 483 g/mol. The number of aromatic nitrogens is 1. The van der Waals surface area contributed by atoms with Crippen molar-refractivity contribution in [2.45, 2.75) is 19.9 Å². The predicted octanol–water partition coefficient (Wildman–Crippen LogP) is 3.36. The lowest BCUT2D eigenvalue weighted by Gasteiger charge is -2.24. The van der Waals surface area contributed by atoms with Crippen molar-refractivity contribution in [3.63, 3.8) is 0 Å². The molecule has 1 aliphatic heterocycles. The van der Waals surface area contributed by atoms with Gasteiger partial charge < -0.3 is 4.74 Å². The van der Waals surface area contributed by atoms with Crippen LogP contribution < -0.4 is 14.9 Å². The van der Waals surface area contributed by atoms with Crippen molar-refractivity contribution < 1.29 is 14.5 Å². The number of nitro groups is 1. The molecule has 1 atom stereocenters. The first-order chi connectivity index (χ1) is 15.8. The number of allylic oxidation sites excluding steroid dienone is 1. The van der Waals surface area contributed by atoms with E-state index in [1.165, 1.54) is 22.8 Å². The van der Waals surface area contributed by atoms with Crippen molar-refractivity contribution in [3.05, 3.63) is 106 Å². The van der Waals surface area contributed by atoms with Crippen LogP contribution in [-0.4, -0.2) is 22.1 Å². The molecule has 0 unspecified atom stereocenters. The summed E-state index contributed by atoms with van der Waals surface area (Å²) in [6, 6.07) is 12.1. The summed E-state index contributed by atoms with van der Waals surface area (Å²) in [4.78, 5) is 42.1. The molecule has 0 amide bonds. The van der Waals surface area contributed by atoms with Crippen LogP contribution in [0.15, 0.2) is 69.6 Å². The molecule has 3 aromatic rings. The summed E-state index contributed by atoms with van der Waals surface area (Å²) in [6.07, 6.45) is 1.67. The average Bonchev–Trinajstić information content (AvgIpc) is 3.09. The molecule has 0 radical (unpaired) electrons. The first-order valence-corrected chi connectivity index (χ1v) is 11.2. The fourth-order valence-electron chi connectivity index (χ4n) is 3.65. The standard InChI is InChI=1S/C23H18ClN3O5S/c1-3-32-22(29)19-13(2)25-23-26(20(19)15-8-6-9-16(11-15)27(30)31)21(28)18(33-23)12-14-7-4-5-10-17(14)24/h4-12,20H,3H2,1-2H3/b18-12-/t20-/m1/s1. The molecule has 8 nitrogen and oxygen atoms in total. The van der Waals surface area contributed by atoms with E-state index < -0.39 is 16.9 Å². The minimum Gasteiger partial charge on any atom is -0.463 e. The Morgan fingerprint density at radius 3 is 2.76 bits per heavy atom. The normalized spacial score (nSPS) is 15.7. The van der Waals surface area contributed by atoms with Crippen molar-refractivity contribution in [3.8, 4) is 0 Å². The summed E-state index contributed by atoms with van der Waals surface area (Å²) in [7, 11) is 0. The highest BCUT2D eigenvalue weighted by Gasteiger charge is 2.34. The van der Waals surface area contributed by atoms with Gasteiger partial charge in [-0.05, 0) is 37.1 Å². The molecule has 0 bridgehead atoms. The van der Waals surface area contributed by atoms with E-state index in [0.29, 0.717) is 31.2 Å². The molecular weight excluding hydrogens is 466 g/mol. The number of hydrogen-bond donors (Lipinski definition) is 0. The van der Waals surface area contributed by atoms with Crippen molar-refractivity contribution in [2.24, 2.45) is 4.99 Å². The molecule has 0 fully saturated rings. The Morgan fingerprint density at radius 1 is 1.30 bits per heavy atom. The van der Waals surface area contributed by atoms with Gasteiger partial charge in [-0.25, -0.2) is 9.79 Å². The first-order valence-electron chi connectivity index (χ1n) is 10.0. The van der Waals surface area contributed by atoms with Gasteiger partial charge in [0.05, 0.1) is 33.4 Å². The largest absolute Gasteiger partial charge is 0.463 e. The number of non-ortho nitro benzene ring substituents is 1. The number of nitrogens with zero attached hydrogens (tertiary/aromatic N) is 3. The number of carbonyl (C=O) groups is 1. The number of ether oxygens (including phenoxy) is 1. The number of rotatable bonds is 5. The highest BCUT2D eigenvalue weighted by atomic mass is 35.5. The molecule has 0 aliphatic carbocycles. The number of hydrogen-bond acceptors (Lipinski definition) is 7. The second-order valence-corrected chi connectivity index (χ2v) is 8.59. The molecule has 0 saturated heterocycles. The third-order valence-electron chi connectivity index (χ3n) is 5.11. The second kappa shape index (κ2) is 9.13. The Morgan fingerprint density at radius 2 is 2.06 bits per heavy atom. The van der Waals surface area contributed by atoms with Gasteiger partial charge >= 0.3 is 5.97 Å². The SMILES string of the molecule is CCOC(=O)C1=C(C)N=c2s/c(=C\c3ccccc3Cl)c(=O)n2[C@@H]1c1cccc([N+](=O)[O-])c1. The quantitative estimate of drug-likeness (QED) is 0.314. The number of halogens is 1. The number of esters is 1. The minimum absolute atomic E-state index is 0.133. The molecule has 168 valence electrons. The zero-order valence-corrected chi connectivity index (χ0v) is 19.2. The minimum atomic E-state index is -0.923. The predicted molar refractivity (Wildman–Crippen MR) is 125 cm³/mol. The third kappa shape index (κ3) is 4.24. The van der Waals surface area contributed by atoms with E-state index in [9.17, 15) is 19.7 Å². The van der Waals surface area contributed by atoms with Crippen LogP contribution in [0.25, 0.3) is 6.08 Å². The smallest absolute Gasteiger partial charge is 0.338 e. The van der Waals surface area contributed by atoms with Crippen molar-refractivity contribution in [1.82, 2.24) is 4.57 Å². The Hall–Kier alpha value is -3.56. The van der Waals surface area contributed by atoms with Gasteiger partial charge in [0.2, 0.25) is 0 Å². The fourth-order valence-corrected chi connectivity index (χ4v) is 4.88. The van der Waals surface area contributed by atoms with Gasteiger partial charge in [0.25, 0.3) is 11.2 Å². The molecule has 0 saturated carbocycles. The summed E-state index contributed by atoms with van der Waals surface area (Å²) in [5.74, 6) is -0.629. The first kappa shape index (κ1) is 22.6. The summed E-state index contributed by atoms with van der Waals surface area (Å²) >= 11 is 7.41. The summed E-state index contributed by atoms with van der Waals surface area (Å²) in [6.45, 7) is 3.46. The maximum atomic E-state index is 13.5. The molecule has 2 heterocycles. The van der Waals surface area contributed by atoms with E-state index in [-0.39, 0.29) is 23.4 Å². The van der Waals surface area contributed by atoms with E-state index in [1.807, 2.05) is 6.07 Å². The van der Waals surface area contributed by atoms with E-state index in [0.717, 1.165) is 11.3 Å². The van der Waals surface area contributed by atoms with Gasteiger partial charge in [-0.1, -0.05) is 53.3 Å². The van der Waals surface area contributed by atoms with Crippen molar-refractivity contribution in [2.75, 3.05) is 6.61 Å². The van der Waals surface area contributed by atoms with Crippen LogP contribution in [0.3, 0.4) is 0 Å². The number of thiazole rings is 1. The lowest BCUT2D eigenvalue weighted by atomic mass is 9.95. The lowest BCUT2D eigenvalue weighted by Crippen LogP contribution is -2.40. The summed E-state index contributed by atoms with van der Waals surface area (Å²) in [5, 5.41) is 11.9. The number of benzene rings is 2. The zero-order valence-electron chi connectivity index (χ0n) is 17.6. The molecular formula is C23H18ClN3O5S. The zero-order chi connectivity index (χ0) is 23.7. The van der Waals surface area contributed by atoms with Gasteiger partial charge in [0.15, 0.2) is 4.80 Å². The number of fused-ring (bicyclic) bond motifs is 1. The highest BCUT2D eigenvalue weighted by molar-refractivity contribution is 7.07. The van der Waals surface area contributed by atoms with Crippen LogP contribution in [0.2, 0.25) is 5.02 Å². The molecule has 0 spiro atoms. The second-order valence-electron chi connectivity index (χ2n) is 7.18. The maximum Gasteiger partial charge on any atom is 0.338 e. The van der Waals surface area contributed by atoms with Crippen LogP contribution in [0.4, 0.5) is 5.69 Å². The molecule has 4 rings (SSSR count). The van der Waals surface area contributed by atoms with Crippen molar-refractivity contribution >= 4 is 40.7 Å². The van der Waals surface area contributed by atoms with Crippen molar-refractivity contribution in [1.29, 1.82) is 0 Å². The van der Waals surface area contributed by atoms with Crippen LogP contribution in [0.1, 0.15) is 31.0 Å². The molecule has 33 heavy (non-hydrogen) atoms. The molecule has 2 aromatic carbocycles. The summed E-state index contributed by atoms with van der Waals surface area (Å²) in [5.41, 5.74) is 1.09. The average molecular weight is 484 g/mol. The van der Waals surface area contributed by atoms with Crippen LogP contribution in [-0.2, 0) is 9.53 Å². The molecule has 0 N–H and O–H groups in total. The Bertz CT molecular complexity index is 1490. The maximum absolute atomic E-state index is 13.5. The van der Waals surface area contributed by atoms with E-state index in [1.54, 1.807) is 44.2 Å². The number of carbonyl (C=O) groups excluding carboxylic acids is 1. The van der Waals surface area contributed by atoms with E-state index >= 15 is 0 Å². The lowest BCUT2D eigenvalue weighted by molar-refractivity contribution is -0.384. The summed E-state index contributed by atoms with van der Waals surface area (Å²) < 4.78 is 6.98. The van der Waals surface area contributed by atoms with Gasteiger partial charge in [0.1, 0.15) is 0 Å². The Kier molecular flexibility index (Phi) is 6.26. The van der Waals surface area contributed by atoms with E-state index in [2.05, 4.69) is 4.99 Å². The van der Waals surface area contributed by atoms with Crippen LogP contribution >= 0.6 is 22.9 Å². The fraction of sp³-hybridized carbons (Fsp3) is 0.174. The van der Waals surface area contributed by atoms with Crippen LogP contribution in [0.5, 0.6) is 0 Å².